The van der Waals surface area contributed by atoms with Gasteiger partial charge in [0, 0.05) is 0 Å². The van der Waals surface area contributed by atoms with Gasteiger partial charge in [0.25, 0.3) is 0 Å². The Morgan fingerprint density at radius 1 is 0.786 bits per heavy atom. The van der Waals surface area contributed by atoms with Crippen LogP contribution in [-0.2, 0) is 0 Å². The smallest absolute Gasteiger partial charge is 0.0197 e. The minimum atomic E-state index is 0.926. The summed E-state index contributed by atoms with van der Waals surface area (Å²) in [4.78, 5) is 0. The maximum Gasteiger partial charge on any atom is -0.0197 e. The van der Waals surface area contributed by atoms with E-state index >= 15 is 0 Å². The molecular weight excluding hydrogens is 168 g/mol. The fourth-order valence-corrected chi connectivity index (χ4v) is 2.93. The molecule has 2 aliphatic carbocycles. The van der Waals surface area contributed by atoms with E-state index < -0.39 is 0 Å². The van der Waals surface area contributed by atoms with Crippen molar-refractivity contribution in [3.63, 3.8) is 0 Å². The minimum absolute atomic E-state index is 0.926. The van der Waals surface area contributed by atoms with Gasteiger partial charge in [0.15, 0.2) is 0 Å². The van der Waals surface area contributed by atoms with E-state index in [1.165, 1.54) is 70.6 Å². The zero-order chi connectivity index (χ0) is 9.64. The van der Waals surface area contributed by atoms with Crippen LogP contribution in [0.3, 0.4) is 0 Å². The molecule has 0 saturated heterocycles. The Bertz CT molecular complexity index is 182. The van der Waals surface area contributed by atoms with Crippen molar-refractivity contribution in [2.75, 3.05) is 0 Å². The van der Waals surface area contributed by atoms with Crippen LogP contribution >= 0.6 is 0 Å². The van der Waals surface area contributed by atoms with Crippen molar-refractivity contribution in [3.05, 3.63) is 11.6 Å². The molecule has 1 radical (unpaired) electrons. The van der Waals surface area contributed by atoms with Gasteiger partial charge in [-0.25, -0.2) is 0 Å². The standard InChI is InChI=1S/C14H23/c1-2-6-10-13(9-5-1)14-11-7-3-4-8-12-14/h13H,1-11H2. The van der Waals surface area contributed by atoms with Crippen LogP contribution in [-0.4, -0.2) is 0 Å². The van der Waals surface area contributed by atoms with Crippen molar-refractivity contribution < 1.29 is 0 Å². The normalized spacial score (nSPS) is 26.4. The highest BCUT2D eigenvalue weighted by molar-refractivity contribution is 5.04. The van der Waals surface area contributed by atoms with Gasteiger partial charge in [-0.05, 0) is 50.5 Å². The molecule has 0 aromatic carbocycles. The van der Waals surface area contributed by atoms with Crippen LogP contribution in [0.5, 0.6) is 0 Å². The van der Waals surface area contributed by atoms with Crippen LogP contribution < -0.4 is 0 Å². The molecule has 0 unspecified atom stereocenters. The molecule has 0 aromatic rings. The van der Waals surface area contributed by atoms with Crippen molar-refractivity contribution in [1.82, 2.24) is 0 Å². The summed E-state index contributed by atoms with van der Waals surface area (Å²) in [5.74, 6) is 0.926. The Hall–Kier alpha value is -0.260. The Balaban J connectivity index is 1.93. The van der Waals surface area contributed by atoms with Crippen molar-refractivity contribution in [2.24, 2.45) is 5.92 Å². The molecule has 1 fully saturated rings. The van der Waals surface area contributed by atoms with Crippen molar-refractivity contribution in [3.8, 4) is 0 Å². The zero-order valence-corrected chi connectivity index (χ0v) is 9.36. The van der Waals surface area contributed by atoms with E-state index in [1.54, 1.807) is 5.57 Å². The average molecular weight is 191 g/mol. The summed E-state index contributed by atoms with van der Waals surface area (Å²) >= 11 is 0. The van der Waals surface area contributed by atoms with Crippen molar-refractivity contribution >= 4 is 0 Å². The molecule has 0 heterocycles. The van der Waals surface area contributed by atoms with Gasteiger partial charge in [0.05, 0.1) is 0 Å². The summed E-state index contributed by atoms with van der Waals surface area (Å²) in [5.41, 5.74) is 1.71. The quantitative estimate of drug-likeness (QED) is 0.529. The molecule has 0 spiro atoms. The van der Waals surface area contributed by atoms with Crippen molar-refractivity contribution in [1.29, 1.82) is 0 Å². The van der Waals surface area contributed by atoms with E-state index in [0.717, 1.165) is 5.92 Å². The molecule has 14 heavy (non-hydrogen) atoms. The van der Waals surface area contributed by atoms with Crippen LogP contribution in [0.4, 0.5) is 0 Å². The van der Waals surface area contributed by atoms with Gasteiger partial charge < -0.3 is 0 Å². The molecule has 2 rings (SSSR count). The van der Waals surface area contributed by atoms with E-state index in [9.17, 15) is 0 Å². The first kappa shape index (κ1) is 10.3. The topological polar surface area (TPSA) is 0 Å². The summed E-state index contributed by atoms with van der Waals surface area (Å²) in [6.07, 6.45) is 19.4. The Kier molecular flexibility index (Phi) is 4.09. The lowest BCUT2D eigenvalue weighted by molar-refractivity contribution is 0.507. The van der Waals surface area contributed by atoms with Crippen LogP contribution in [0.15, 0.2) is 5.57 Å². The molecular formula is C14H23. The molecule has 0 amide bonds. The molecule has 0 aliphatic heterocycles. The third kappa shape index (κ3) is 2.87. The highest BCUT2D eigenvalue weighted by atomic mass is 14.2. The van der Waals surface area contributed by atoms with Gasteiger partial charge in [-0.1, -0.05) is 37.7 Å². The lowest BCUT2D eigenvalue weighted by atomic mass is 9.89. The first-order valence-corrected chi connectivity index (χ1v) is 6.56. The molecule has 2 aliphatic rings. The average Bonchev–Trinajstić information content (AvgIpc) is 2.62. The minimum Gasteiger partial charge on any atom is -0.0636 e. The van der Waals surface area contributed by atoms with Crippen LogP contribution in [0.25, 0.3) is 0 Å². The number of allylic oxidation sites excluding steroid dienone is 2. The van der Waals surface area contributed by atoms with Crippen LogP contribution in [0.2, 0.25) is 0 Å². The van der Waals surface area contributed by atoms with E-state index in [-0.39, 0.29) is 0 Å². The third-order valence-electron chi connectivity index (χ3n) is 3.82. The van der Waals surface area contributed by atoms with E-state index in [4.69, 9.17) is 0 Å². The predicted molar refractivity (Wildman–Crippen MR) is 61.0 cm³/mol. The highest BCUT2D eigenvalue weighted by Gasteiger charge is 2.17. The zero-order valence-electron chi connectivity index (χ0n) is 9.36. The molecule has 0 atom stereocenters. The molecule has 0 aromatic heterocycles. The molecule has 0 N–H and O–H groups in total. The summed E-state index contributed by atoms with van der Waals surface area (Å²) in [6.45, 7) is 0. The SMILES string of the molecule is [C]1=C(C2CCCCCC2)CCCCC1. The Morgan fingerprint density at radius 3 is 2.29 bits per heavy atom. The number of hydrogen-bond donors (Lipinski definition) is 0. The van der Waals surface area contributed by atoms with E-state index in [2.05, 4.69) is 6.08 Å². The van der Waals surface area contributed by atoms with Gasteiger partial charge in [-0.3, -0.25) is 0 Å². The third-order valence-corrected chi connectivity index (χ3v) is 3.82. The van der Waals surface area contributed by atoms with Gasteiger partial charge in [0.2, 0.25) is 0 Å². The maximum absolute atomic E-state index is 3.70. The summed E-state index contributed by atoms with van der Waals surface area (Å²) in [5, 5.41) is 0. The second-order valence-corrected chi connectivity index (χ2v) is 4.95. The highest BCUT2D eigenvalue weighted by Crippen LogP contribution is 2.32. The van der Waals surface area contributed by atoms with Crippen LogP contribution in [0, 0.1) is 12.0 Å². The van der Waals surface area contributed by atoms with E-state index in [1.807, 2.05) is 0 Å². The number of hydrogen-bond acceptors (Lipinski definition) is 0. The molecule has 0 bridgehead atoms. The summed E-state index contributed by atoms with van der Waals surface area (Å²) < 4.78 is 0. The molecule has 0 nitrogen and oxygen atoms in total. The molecule has 79 valence electrons. The van der Waals surface area contributed by atoms with Gasteiger partial charge in [0.1, 0.15) is 0 Å². The van der Waals surface area contributed by atoms with Gasteiger partial charge in [-0.2, -0.15) is 0 Å². The number of rotatable bonds is 1. The predicted octanol–water partition coefficient (Wildman–Crippen LogP) is 4.65. The Labute approximate surface area is 88.8 Å². The molecule has 1 saturated carbocycles. The summed E-state index contributed by atoms with van der Waals surface area (Å²) in [6, 6.07) is 0. The first-order chi connectivity index (χ1) is 6.97. The lowest BCUT2D eigenvalue weighted by Gasteiger charge is -2.17. The second-order valence-electron chi connectivity index (χ2n) is 4.95. The molecule has 0 heteroatoms. The van der Waals surface area contributed by atoms with E-state index in [0.29, 0.717) is 0 Å². The summed E-state index contributed by atoms with van der Waals surface area (Å²) in [7, 11) is 0. The fourth-order valence-electron chi connectivity index (χ4n) is 2.93. The second kappa shape index (κ2) is 5.58. The van der Waals surface area contributed by atoms with Crippen molar-refractivity contribution in [2.45, 2.75) is 70.6 Å². The van der Waals surface area contributed by atoms with Gasteiger partial charge in [-0.15, -0.1) is 0 Å². The van der Waals surface area contributed by atoms with Gasteiger partial charge >= 0.3 is 0 Å². The van der Waals surface area contributed by atoms with Crippen LogP contribution in [0.1, 0.15) is 70.6 Å². The monoisotopic (exact) mass is 191 g/mol. The fraction of sp³-hybridized carbons (Fsp3) is 0.857. The maximum atomic E-state index is 3.70. The first-order valence-electron chi connectivity index (χ1n) is 6.56. The largest absolute Gasteiger partial charge is 0.0636 e. The Morgan fingerprint density at radius 2 is 1.50 bits per heavy atom. The lowest BCUT2D eigenvalue weighted by Crippen LogP contribution is -2.03.